The number of likely N-dealkylation sites (tertiary alicyclic amines) is 1. The van der Waals surface area contributed by atoms with Gasteiger partial charge in [0.25, 0.3) is 10.0 Å². The Morgan fingerprint density at radius 2 is 1.71 bits per heavy atom. The number of rotatable bonds is 11. The monoisotopic (exact) mass is 650 g/mol. The number of benzene rings is 2. The molecule has 1 aliphatic heterocycles. The maximum Gasteiger partial charge on any atom is 0.401 e. The molecule has 1 saturated carbocycles. The third-order valence-corrected chi connectivity index (χ3v) is 9.43. The molecule has 16 heteroatoms. The van der Waals surface area contributed by atoms with Crippen LogP contribution in [0.15, 0.2) is 39.8 Å². The van der Waals surface area contributed by atoms with Crippen LogP contribution < -0.4 is 24.2 Å². The molecule has 3 heterocycles. The van der Waals surface area contributed by atoms with Gasteiger partial charge in [-0.1, -0.05) is 5.16 Å². The Bertz CT molecular complexity index is 1780. The van der Waals surface area contributed by atoms with Crippen molar-refractivity contribution in [3.05, 3.63) is 41.6 Å². The van der Waals surface area contributed by atoms with E-state index in [1.165, 1.54) is 38.4 Å². The first-order valence-electron chi connectivity index (χ1n) is 14.4. The first kappa shape index (κ1) is 30.8. The van der Waals surface area contributed by atoms with Crippen LogP contribution in [0.25, 0.3) is 11.0 Å². The molecular formula is C29H33F3N6O6S. The summed E-state index contributed by atoms with van der Waals surface area (Å²) in [7, 11) is -0.267. The van der Waals surface area contributed by atoms with Crippen LogP contribution in [-0.2, 0) is 10.0 Å². The first-order chi connectivity index (χ1) is 21.5. The van der Waals surface area contributed by atoms with E-state index >= 15 is 0 Å². The van der Waals surface area contributed by atoms with Crippen molar-refractivity contribution in [1.29, 1.82) is 0 Å². The summed E-state index contributed by atoms with van der Waals surface area (Å²) in [5.41, 5.74) is 2.49. The lowest BCUT2D eigenvalue weighted by Gasteiger charge is -2.33. The minimum Gasteiger partial charge on any atom is -0.495 e. The van der Waals surface area contributed by atoms with Crippen molar-refractivity contribution in [1.82, 2.24) is 20.3 Å². The number of aromatic nitrogens is 3. The molecule has 2 aromatic carbocycles. The molecule has 3 N–H and O–H groups in total. The molecule has 1 aliphatic carbocycles. The number of nitrogens with one attached hydrogen (secondary N) is 3. The number of anilines is 3. The number of ether oxygens (including phenoxy) is 3. The normalized spacial score (nSPS) is 17.8. The summed E-state index contributed by atoms with van der Waals surface area (Å²) in [5.74, 6) is 1.08. The van der Waals surface area contributed by atoms with Gasteiger partial charge in [-0.3, -0.25) is 14.7 Å². The predicted molar refractivity (Wildman–Crippen MR) is 159 cm³/mol. The van der Waals surface area contributed by atoms with E-state index in [-0.39, 0.29) is 40.3 Å². The highest BCUT2D eigenvalue weighted by atomic mass is 32.2. The van der Waals surface area contributed by atoms with E-state index in [1.807, 2.05) is 6.07 Å². The molecule has 2 fully saturated rings. The summed E-state index contributed by atoms with van der Waals surface area (Å²) in [4.78, 5) is 1.07. The molecule has 1 atom stereocenters. The van der Waals surface area contributed by atoms with Crippen LogP contribution >= 0.6 is 0 Å². The van der Waals surface area contributed by atoms with Crippen molar-refractivity contribution in [2.45, 2.75) is 48.6 Å². The standard InChI is InChI=1S/C29H33F3N6O6S/c1-41-23-11-19-22(12-21(23)33-26-13-20(34-35-26)16-6-7-16)44-36-28(19)37-45(39,40)27-24(42-2)9-18(10-25(27)43-3)17-5-4-8-38(14-17)15-29(30,31)32/h9-13,16-17H,4-8,14-15H2,1-3H3,(H,36,37)(H2,33,34,35)/t17-/m0/s1. The number of aromatic amines is 1. The lowest BCUT2D eigenvalue weighted by Crippen LogP contribution is -2.40. The van der Waals surface area contributed by atoms with Crippen molar-refractivity contribution >= 4 is 38.3 Å². The van der Waals surface area contributed by atoms with Crippen molar-refractivity contribution in [3.8, 4) is 17.2 Å². The number of fused-ring (bicyclic) bond motifs is 1. The molecule has 0 unspecified atom stereocenters. The highest BCUT2D eigenvalue weighted by molar-refractivity contribution is 7.93. The first-order valence-corrected chi connectivity index (χ1v) is 15.8. The van der Waals surface area contributed by atoms with Gasteiger partial charge in [-0.25, -0.2) is 8.42 Å². The van der Waals surface area contributed by atoms with Crippen LogP contribution in [-0.4, -0.2) is 75.8 Å². The molecule has 242 valence electrons. The van der Waals surface area contributed by atoms with Crippen molar-refractivity contribution in [2.24, 2.45) is 0 Å². The Kier molecular flexibility index (Phi) is 8.20. The lowest BCUT2D eigenvalue weighted by atomic mass is 9.90. The highest BCUT2D eigenvalue weighted by Gasteiger charge is 2.35. The van der Waals surface area contributed by atoms with Gasteiger partial charge in [0.2, 0.25) is 0 Å². The molecule has 4 aromatic rings. The maximum atomic E-state index is 13.8. The zero-order valence-electron chi connectivity index (χ0n) is 24.8. The van der Waals surface area contributed by atoms with Crippen molar-refractivity contribution in [2.75, 3.05) is 51.0 Å². The molecule has 1 saturated heterocycles. The van der Waals surface area contributed by atoms with E-state index in [1.54, 1.807) is 12.1 Å². The summed E-state index contributed by atoms with van der Waals surface area (Å²) in [6.07, 6.45) is -0.861. The molecule has 0 bridgehead atoms. The lowest BCUT2D eigenvalue weighted by molar-refractivity contribution is -0.148. The molecule has 0 amide bonds. The molecule has 2 aromatic heterocycles. The Balaban J connectivity index is 1.27. The average molecular weight is 651 g/mol. The number of halogens is 3. The van der Waals surface area contributed by atoms with E-state index in [4.69, 9.17) is 18.7 Å². The Labute approximate surface area is 257 Å². The largest absolute Gasteiger partial charge is 0.495 e. The summed E-state index contributed by atoms with van der Waals surface area (Å²) in [6.45, 7) is -0.507. The van der Waals surface area contributed by atoms with Gasteiger partial charge in [0.05, 0.1) is 38.9 Å². The number of methoxy groups -OCH3 is 3. The van der Waals surface area contributed by atoms with Crippen LogP contribution in [0, 0.1) is 0 Å². The molecule has 2 aliphatic rings. The summed E-state index contributed by atoms with van der Waals surface area (Å²) >= 11 is 0. The van der Waals surface area contributed by atoms with Crippen molar-refractivity contribution in [3.63, 3.8) is 0 Å². The van der Waals surface area contributed by atoms with E-state index < -0.39 is 22.7 Å². The average Bonchev–Trinajstić information content (AvgIpc) is 3.64. The van der Waals surface area contributed by atoms with Gasteiger partial charge in [-0.05, 0) is 61.9 Å². The third-order valence-electron chi connectivity index (χ3n) is 8.03. The highest BCUT2D eigenvalue weighted by Crippen LogP contribution is 2.43. The third kappa shape index (κ3) is 6.61. The minimum atomic E-state index is -4.37. The zero-order chi connectivity index (χ0) is 31.9. The SMILES string of the molecule is COc1cc2c(NS(=O)(=O)c3c(OC)cc([C@H]4CCCN(CC(F)(F)F)C4)cc3OC)noc2cc1Nc1cc(C2CC2)[nH]n1. The molecular weight excluding hydrogens is 617 g/mol. The molecule has 12 nitrogen and oxygen atoms in total. The maximum absolute atomic E-state index is 13.8. The van der Waals surface area contributed by atoms with E-state index in [0.717, 1.165) is 18.5 Å². The Hall–Kier alpha value is -4.18. The number of nitrogens with zero attached hydrogens (tertiary/aromatic N) is 3. The van der Waals surface area contributed by atoms with Gasteiger partial charge in [-0.2, -0.15) is 18.3 Å². The smallest absolute Gasteiger partial charge is 0.401 e. The van der Waals surface area contributed by atoms with E-state index in [2.05, 4.69) is 25.4 Å². The van der Waals surface area contributed by atoms with Crippen LogP contribution in [0.3, 0.4) is 0 Å². The van der Waals surface area contributed by atoms with Crippen LogP contribution in [0.2, 0.25) is 0 Å². The topological polar surface area (TPSA) is 144 Å². The fraction of sp³-hybridized carbons (Fsp3) is 0.448. The zero-order valence-corrected chi connectivity index (χ0v) is 25.6. The number of alkyl halides is 3. The van der Waals surface area contributed by atoms with Crippen molar-refractivity contribution < 1.29 is 40.3 Å². The summed E-state index contributed by atoms with van der Waals surface area (Å²) < 4.78 is 91.1. The fourth-order valence-electron chi connectivity index (χ4n) is 5.75. The number of sulfonamides is 1. The number of hydrogen-bond acceptors (Lipinski definition) is 10. The Morgan fingerprint density at radius 3 is 2.36 bits per heavy atom. The predicted octanol–water partition coefficient (Wildman–Crippen LogP) is 5.74. The van der Waals surface area contributed by atoms with Crippen LogP contribution in [0.4, 0.5) is 30.5 Å². The second-order valence-electron chi connectivity index (χ2n) is 11.2. The quantitative estimate of drug-likeness (QED) is 0.184. The van der Waals surface area contributed by atoms with Gasteiger partial charge in [0, 0.05) is 30.3 Å². The van der Waals surface area contributed by atoms with E-state index in [9.17, 15) is 21.6 Å². The number of piperidine rings is 1. The second-order valence-corrected chi connectivity index (χ2v) is 12.9. The number of H-pyrrole nitrogens is 1. The fourth-order valence-corrected chi connectivity index (χ4v) is 7.07. The second kappa shape index (κ2) is 12.0. The van der Waals surface area contributed by atoms with Crippen LogP contribution in [0.5, 0.6) is 17.2 Å². The molecule has 0 radical (unpaired) electrons. The molecule has 6 rings (SSSR count). The number of hydrogen-bond donors (Lipinski definition) is 3. The summed E-state index contributed by atoms with van der Waals surface area (Å²) in [5, 5.41) is 14.8. The van der Waals surface area contributed by atoms with Gasteiger partial charge in [-0.15, -0.1) is 0 Å². The van der Waals surface area contributed by atoms with E-state index in [0.29, 0.717) is 53.5 Å². The summed E-state index contributed by atoms with van der Waals surface area (Å²) in [6, 6.07) is 8.22. The van der Waals surface area contributed by atoms with Gasteiger partial charge in [0.15, 0.2) is 22.1 Å². The molecule has 45 heavy (non-hydrogen) atoms. The van der Waals surface area contributed by atoms with Gasteiger partial charge < -0.3 is 24.1 Å². The van der Waals surface area contributed by atoms with Gasteiger partial charge >= 0.3 is 6.18 Å². The Morgan fingerprint density at radius 1 is 1.00 bits per heavy atom. The molecule has 0 spiro atoms. The van der Waals surface area contributed by atoms with Crippen LogP contribution in [0.1, 0.15) is 48.8 Å². The minimum absolute atomic E-state index is 0.0220. The van der Waals surface area contributed by atoms with Gasteiger partial charge in [0.1, 0.15) is 17.2 Å².